The van der Waals surface area contributed by atoms with Gasteiger partial charge in [-0.15, -0.1) is 0 Å². The van der Waals surface area contributed by atoms with E-state index in [0.29, 0.717) is 0 Å². The zero-order chi connectivity index (χ0) is 8.10. The van der Waals surface area contributed by atoms with Gasteiger partial charge < -0.3 is 4.74 Å². The third kappa shape index (κ3) is 2.51. The first-order chi connectivity index (χ1) is 5.34. The van der Waals surface area contributed by atoms with Gasteiger partial charge in [0.05, 0.1) is 15.3 Å². The Hall–Kier alpha value is -0.546. The van der Waals surface area contributed by atoms with E-state index in [9.17, 15) is 0 Å². The van der Waals surface area contributed by atoms with Gasteiger partial charge in [0.1, 0.15) is 5.75 Å². The number of hydrogen-bond donors (Lipinski definition) is 0. The predicted octanol–water partition coefficient (Wildman–Crippen LogP) is -0.219. The van der Waals surface area contributed by atoms with E-state index < -0.39 is 0 Å². The molecular weight excluding hydrogens is 168 g/mol. The van der Waals surface area contributed by atoms with Crippen molar-refractivity contribution in [2.24, 2.45) is 0 Å². The Morgan fingerprint density at radius 2 is 2.18 bits per heavy atom. The van der Waals surface area contributed by atoms with Crippen molar-refractivity contribution in [3.8, 4) is 5.75 Å². The number of para-hydroxylation sites is 1. The quantitative estimate of drug-likeness (QED) is 0.587. The summed E-state index contributed by atoms with van der Waals surface area (Å²) < 4.78 is 5.58. The van der Waals surface area contributed by atoms with E-state index in [0.717, 1.165) is 12.0 Å². The number of rotatable bonds is 3. The van der Waals surface area contributed by atoms with Crippen LogP contribution in [0.2, 0.25) is 0 Å². The van der Waals surface area contributed by atoms with Crippen LogP contribution in [0.4, 0.5) is 0 Å². The largest absolute Gasteiger partial charge is 0.498 e. The van der Waals surface area contributed by atoms with Crippen LogP contribution in [0.25, 0.3) is 0 Å². The molecule has 0 bridgehead atoms. The molecule has 0 aliphatic heterocycles. The van der Waals surface area contributed by atoms with Gasteiger partial charge in [0.25, 0.3) is 0 Å². The summed E-state index contributed by atoms with van der Waals surface area (Å²) in [4.78, 5) is 0. The molecule has 0 aromatic heterocycles. The highest BCUT2D eigenvalue weighted by Crippen LogP contribution is 2.15. The predicted molar refractivity (Wildman–Crippen MR) is 55.2 cm³/mol. The molecule has 0 aliphatic rings. The van der Waals surface area contributed by atoms with Crippen molar-refractivity contribution >= 4 is 18.8 Å². The van der Waals surface area contributed by atoms with Gasteiger partial charge in [-0.2, -0.15) is 0 Å². The average molecular weight is 182 g/mol. The fraction of sp³-hybridized carbons (Fsp3) is 0.250. The Morgan fingerprint density at radius 1 is 1.45 bits per heavy atom. The summed E-state index contributed by atoms with van der Waals surface area (Å²) in [6.45, 7) is 2.09. The van der Waals surface area contributed by atoms with Gasteiger partial charge in [-0.25, -0.2) is 0 Å². The Labute approximate surface area is 72.8 Å². The summed E-state index contributed by atoms with van der Waals surface area (Å²) in [5, 5.41) is 0. The highest BCUT2D eigenvalue weighted by atomic mass is 29.1. The standard InChI is InChI=1S/C8H14OSi2/c1-7-4-2-3-5-8(7)9-6-11-10/h2-5H,6,11H2,1,10H3. The highest BCUT2D eigenvalue weighted by molar-refractivity contribution is 6.89. The maximum atomic E-state index is 5.58. The lowest BCUT2D eigenvalue weighted by Crippen LogP contribution is -2.06. The Morgan fingerprint density at radius 3 is 2.82 bits per heavy atom. The van der Waals surface area contributed by atoms with Gasteiger partial charge in [0.2, 0.25) is 0 Å². The molecule has 0 saturated heterocycles. The lowest BCUT2D eigenvalue weighted by Gasteiger charge is -2.06. The van der Waals surface area contributed by atoms with Gasteiger partial charge in [0, 0.05) is 0 Å². The van der Waals surface area contributed by atoms with Gasteiger partial charge in [0.15, 0.2) is 0 Å². The first-order valence-corrected chi connectivity index (χ1v) is 10.7. The van der Waals surface area contributed by atoms with Crippen molar-refractivity contribution < 1.29 is 4.74 Å². The molecule has 11 heavy (non-hydrogen) atoms. The van der Waals surface area contributed by atoms with Gasteiger partial charge in [-0.1, -0.05) is 18.2 Å². The van der Waals surface area contributed by atoms with E-state index in [2.05, 4.69) is 13.0 Å². The lowest BCUT2D eigenvalue weighted by atomic mass is 10.2. The third-order valence-electron chi connectivity index (χ3n) is 1.56. The molecule has 0 N–H and O–H groups in total. The van der Waals surface area contributed by atoms with Crippen molar-refractivity contribution in [3.05, 3.63) is 29.8 Å². The summed E-state index contributed by atoms with van der Waals surface area (Å²) in [7, 11) is 1.53. The smallest absolute Gasteiger partial charge is 0.121 e. The van der Waals surface area contributed by atoms with Crippen molar-refractivity contribution in [1.82, 2.24) is 0 Å². The maximum absolute atomic E-state index is 5.58. The summed E-state index contributed by atoms with van der Waals surface area (Å²) in [5.41, 5.74) is 1.25. The Kier molecular flexibility index (Phi) is 3.39. The molecule has 1 aromatic carbocycles. The van der Waals surface area contributed by atoms with Crippen molar-refractivity contribution in [1.29, 1.82) is 0 Å². The lowest BCUT2D eigenvalue weighted by molar-refractivity contribution is 0.383. The Bertz CT molecular complexity index is 225. The van der Waals surface area contributed by atoms with Crippen LogP contribution in [0.1, 0.15) is 5.56 Å². The third-order valence-corrected chi connectivity index (χ3v) is 3.39. The molecule has 0 saturated carbocycles. The van der Waals surface area contributed by atoms with Crippen molar-refractivity contribution in [2.45, 2.75) is 6.92 Å². The monoisotopic (exact) mass is 182 g/mol. The number of ether oxygens (including phenoxy) is 1. The summed E-state index contributed by atoms with van der Waals surface area (Å²) in [6, 6.07) is 8.20. The van der Waals surface area contributed by atoms with E-state index in [1.807, 2.05) is 18.2 Å². The minimum absolute atomic E-state index is 0.171. The SMILES string of the molecule is Cc1ccccc1OC[SiH2][SiH3]. The molecule has 0 unspecified atom stereocenters. The molecule has 60 valence electrons. The topological polar surface area (TPSA) is 9.23 Å². The molecule has 0 spiro atoms. The molecule has 0 fully saturated rings. The maximum Gasteiger partial charge on any atom is 0.121 e. The first-order valence-electron chi connectivity index (χ1n) is 4.03. The van der Waals surface area contributed by atoms with Gasteiger partial charge in [-0.3, -0.25) is 0 Å². The highest BCUT2D eigenvalue weighted by Gasteiger charge is 1.94. The van der Waals surface area contributed by atoms with Crippen molar-refractivity contribution in [2.75, 3.05) is 6.23 Å². The average Bonchev–Trinajstić information content (AvgIpc) is 2.03. The second-order valence-corrected chi connectivity index (χ2v) is 7.02. The van der Waals surface area contributed by atoms with E-state index >= 15 is 0 Å². The fourth-order valence-electron chi connectivity index (χ4n) is 0.930. The second kappa shape index (κ2) is 4.36. The minimum Gasteiger partial charge on any atom is -0.498 e. The molecule has 0 aliphatic carbocycles. The van der Waals surface area contributed by atoms with Gasteiger partial charge >= 0.3 is 0 Å². The zero-order valence-corrected chi connectivity index (χ0v) is 10.5. The zero-order valence-electron chi connectivity index (χ0n) is 7.13. The van der Waals surface area contributed by atoms with E-state index in [1.165, 1.54) is 15.3 Å². The minimum atomic E-state index is 0.171. The molecule has 3 heteroatoms. The molecule has 1 aromatic rings. The van der Waals surface area contributed by atoms with Gasteiger partial charge in [-0.05, 0) is 28.3 Å². The molecule has 0 atom stereocenters. The number of aryl methyl sites for hydroxylation is 1. The number of hydrogen-bond acceptors (Lipinski definition) is 1. The van der Waals surface area contributed by atoms with Crippen LogP contribution >= 0.6 is 0 Å². The van der Waals surface area contributed by atoms with Crippen LogP contribution in [-0.4, -0.2) is 25.0 Å². The summed E-state index contributed by atoms with van der Waals surface area (Å²) in [6.07, 6.45) is 1.01. The van der Waals surface area contributed by atoms with E-state index in [4.69, 9.17) is 4.74 Å². The van der Waals surface area contributed by atoms with Crippen LogP contribution in [0, 0.1) is 6.92 Å². The summed E-state index contributed by atoms with van der Waals surface area (Å²) >= 11 is 0. The van der Waals surface area contributed by atoms with Crippen LogP contribution in [0.15, 0.2) is 24.3 Å². The van der Waals surface area contributed by atoms with Crippen LogP contribution in [0.3, 0.4) is 0 Å². The molecular formula is C8H14OSi2. The molecule has 0 radical (unpaired) electrons. The van der Waals surface area contributed by atoms with Crippen LogP contribution in [0.5, 0.6) is 5.75 Å². The summed E-state index contributed by atoms with van der Waals surface area (Å²) in [5.74, 6) is 1.07. The van der Waals surface area contributed by atoms with E-state index in [-0.39, 0.29) is 9.04 Å². The molecule has 0 heterocycles. The Balaban J connectivity index is 2.62. The molecule has 0 amide bonds. The number of benzene rings is 1. The first kappa shape index (κ1) is 8.55. The fourth-order valence-corrected chi connectivity index (χ4v) is 1.97. The molecule has 1 nitrogen and oxygen atoms in total. The second-order valence-electron chi connectivity index (χ2n) is 2.61. The van der Waals surface area contributed by atoms with Crippen LogP contribution in [-0.2, 0) is 0 Å². The normalized spacial score (nSPS) is 11.0. The van der Waals surface area contributed by atoms with Crippen LogP contribution < -0.4 is 4.74 Å². The molecule has 1 rings (SSSR count). The van der Waals surface area contributed by atoms with E-state index in [1.54, 1.807) is 0 Å². The van der Waals surface area contributed by atoms with Crippen molar-refractivity contribution in [3.63, 3.8) is 0 Å².